The van der Waals surface area contributed by atoms with Crippen molar-refractivity contribution in [2.45, 2.75) is 19.3 Å². The zero-order valence-corrected chi connectivity index (χ0v) is 9.41. The highest BCUT2D eigenvalue weighted by Gasteiger charge is 2.25. The highest BCUT2D eigenvalue weighted by molar-refractivity contribution is 5.21. The molecule has 2 rings (SSSR count). The van der Waals surface area contributed by atoms with E-state index in [1.165, 1.54) is 12.0 Å². The van der Waals surface area contributed by atoms with E-state index in [4.69, 9.17) is 0 Å². The molecule has 1 heterocycles. The maximum absolute atomic E-state index is 12.8. The Morgan fingerprint density at radius 1 is 1.27 bits per heavy atom. The topological polar surface area (TPSA) is 3.24 Å². The SMILES string of the molecule is CC1CN(C)CCC1c1ccc(F)cc1. The molecule has 0 amide bonds. The van der Waals surface area contributed by atoms with Crippen LogP contribution in [0, 0.1) is 11.7 Å². The van der Waals surface area contributed by atoms with Gasteiger partial charge in [-0.3, -0.25) is 0 Å². The van der Waals surface area contributed by atoms with Gasteiger partial charge in [-0.25, -0.2) is 4.39 Å². The van der Waals surface area contributed by atoms with E-state index in [2.05, 4.69) is 18.9 Å². The minimum atomic E-state index is -0.140. The number of benzene rings is 1. The lowest BCUT2D eigenvalue weighted by molar-refractivity contribution is 0.195. The molecule has 0 spiro atoms. The van der Waals surface area contributed by atoms with Crippen LogP contribution >= 0.6 is 0 Å². The van der Waals surface area contributed by atoms with Crippen LogP contribution in [0.3, 0.4) is 0 Å². The van der Waals surface area contributed by atoms with E-state index >= 15 is 0 Å². The maximum atomic E-state index is 12.8. The summed E-state index contributed by atoms with van der Waals surface area (Å²) >= 11 is 0. The van der Waals surface area contributed by atoms with Crippen LogP contribution in [-0.4, -0.2) is 25.0 Å². The fourth-order valence-corrected chi connectivity index (χ4v) is 2.56. The van der Waals surface area contributed by atoms with Crippen LogP contribution in [0.2, 0.25) is 0 Å². The fourth-order valence-electron chi connectivity index (χ4n) is 2.56. The molecule has 15 heavy (non-hydrogen) atoms. The molecule has 82 valence electrons. The fraction of sp³-hybridized carbons (Fsp3) is 0.538. The van der Waals surface area contributed by atoms with E-state index in [0.717, 1.165) is 13.1 Å². The lowest BCUT2D eigenvalue weighted by Gasteiger charge is -2.35. The van der Waals surface area contributed by atoms with Crippen molar-refractivity contribution in [3.05, 3.63) is 35.6 Å². The molecule has 0 aliphatic carbocycles. The van der Waals surface area contributed by atoms with E-state index < -0.39 is 0 Å². The van der Waals surface area contributed by atoms with Crippen molar-refractivity contribution in [1.29, 1.82) is 0 Å². The Morgan fingerprint density at radius 3 is 2.53 bits per heavy atom. The van der Waals surface area contributed by atoms with Crippen LogP contribution in [0.15, 0.2) is 24.3 Å². The molecule has 2 heteroatoms. The van der Waals surface area contributed by atoms with E-state index in [1.54, 1.807) is 12.1 Å². The van der Waals surface area contributed by atoms with Crippen LogP contribution in [0.5, 0.6) is 0 Å². The van der Waals surface area contributed by atoms with Gasteiger partial charge < -0.3 is 4.90 Å². The maximum Gasteiger partial charge on any atom is 0.123 e. The monoisotopic (exact) mass is 207 g/mol. The number of rotatable bonds is 1. The summed E-state index contributed by atoms with van der Waals surface area (Å²) in [4.78, 5) is 2.37. The molecule has 1 aliphatic heterocycles. The Hall–Kier alpha value is -0.890. The summed E-state index contributed by atoms with van der Waals surface area (Å²) in [6, 6.07) is 7.00. The smallest absolute Gasteiger partial charge is 0.123 e. The van der Waals surface area contributed by atoms with Crippen LogP contribution < -0.4 is 0 Å². The zero-order chi connectivity index (χ0) is 10.8. The van der Waals surface area contributed by atoms with Gasteiger partial charge in [0.15, 0.2) is 0 Å². The van der Waals surface area contributed by atoms with Gasteiger partial charge >= 0.3 is 0 Å². The summed E-state index contributed by atoms with van der Waals surface area (Å²) in [6.07, 6.45) is 1.18. The first-order valence-electron chi connectivity index (χ1n) is 5.61. The molecule has 2 unspecified atom stereocenters. The molecular weight excluding hydrogens is 189 g/mol. The quantitative estimate of drug-likeness (QED) is 0.684. The van der Waals surface area contributed by atoms with Gasteiger partial charge in [0.1, 0.15) is 5.82 Å². The Morgan fingerprint density at radius 2 is 1.93 bits per heavy atom. The highest BCUT2D eigenvalue weighted by Crippen LogP contribution is 2.32. The van der Waals surface area contributed by atoms with E-state index in [1.807, 2.05) is 12.1 Å². The van der Waals surface area contributed by atoms with Gasteiger partial charge in [0.2, 0.25) is 0 Å². The normalized spacial score (nSPS) is 27.9. The Labute approximate surface area is 90.9 Å². The van der Waals surface area contributed by atoms with Gasteiger partial charge in [-0.2, -0.15) is 0 Å². The van der Waals surface area contributed by atoms with Crippen LogP contribution in [0.4, 0.5) is 4.39 Å². The summed E-state index contributed by atoms with van der Waals surface area (Å²) in [6.45, 7) is 4.57. The molecule has 0 aromatic heterocycles. The average Bonchev–Trinajstić information content (AvgIpc) is 2.20. The second kappa shape index (κ2) is 4.31. The number of piperidine rings is 1. The molecule has 1 aromatic carbocycles. The highest BCUT2D eigenvalue weighted by atomic mass is 19.1. The molecule has 0 radical (unpaired) electrons. The molecule has 0 N–H and O–H groups in total. The molecule has 1 aromatic rings. The third-order valence-corrected chi connectivity index (χ3v) is 3.41. The summed E-state index contributed by atoms with van der Waals surface area (Å²) < 4.78 is 12.8. The predicted molar refractivity (Wildman–Crippen MR) is 60.4 cm³/mol. The van der Waals surface area contributed by atoms with E-state index in [0.29, 0.717) is 11.8 Å². The molecule has 1 fully saturated rings. The lowest BCUT2D eigenvalue weighted by Crippen LogP contribution is -2.35. The van der Waals surface area contributed by atoms with Crippen LogP contribution in [-0.2, 0) is 0 Å². The van der Waals surface area contributed by atoms with Gasteiger partial charge in [0, 0.05) is 6.54 Å². The minimum absolute atomic E-state index is 0.140. The van der Waals surface area contributed by atoms with Crippen molar-refractivity contribution in [3.63, 3.8) is 0 Å². The number of hydrogen-bond acceptors (Lipinski definition) is 1. The molecule has 2 atom stereocenters. The van der Waals surface area contributed by atoms with Gasteiger partial charge in [0.05, 0.1) is 0 Å². The third-order valence-electron chi connectivity index (χ3n) is 3.41. The Kier molecular flexibility index (Phi) is 3.06. The number of likely N-dealkylation sites (tertiary alicyclic amines) is 1. The van der Waals surface area contributed by atoms with Crippen molar-refractivity contribution >= 4 is 0 Å². The number of halogens is 1. The second-order valence-electron chi connectivity index (χ2n) is 4.69. The van der Waals surface area contributed by atoms with E-state index in [9.17, 15) is 4.39 Å². The largest absolute Gasteiger partial charge is 0.306 e. The minimum Gasteiger partial charge on any atom is -0.306 e. The molecule has 1 saturated heterocycles. The first kappa shape index (κ1) is 10.6. The first-order chi connectivity index (χ1) is 7.16. The van der Waals surface area contributed by atoms with Gasteiger partial charge in [0.25, 0.3) is 0 Å². The molecular formula is C13H18FN. The standard InChI is InChI=1S/C13H18FN/c1-10-9-15(2)8-7-13(10)11-3-5-12(14)6-4-11/h3-6,10,13H,7-9H2,1-2H3. The van der Waals surface area contributed by atoms with Crippen molar-refractivity contribution in [2.75, 3.05) is 20.1 Å². The number of hydrogen-bond donors (Lipinski definition) is 0. The van der Waals surface area contributed by atoms with Gasteiger partial charge in [-0.1, -0.05) is 19.1 Å². The predicted octanol–water partition coefficient (Wildman–Crippen LogP) is 2.88. The zero-order valence-electron chi connectivity index (χ0n) is 9.41. The summed E-state index contributed by atoms with van der Waals surface area (Å²) in [5.74, 6) is 1.12. The van der Waals surface area contributed by atoms with Crippen LogP contribution in [0.1, 0.15) is 24.8 Å². The molecule has 1 nitrogen and oxygen atoms in total. The third kappa shape index (κ3) is 2.37. The van der Waals surface area contributed by atoms with Crippen molar-refractivity contribution in [1.82, 2.24) is 4.90 Å². The first-order valence-corrected chi connectivity index (χ1v) is 5.61. The average molecular weight is 207 g/mol. The van der Waals surface area contributed by atoms with E-state index in [-0.39, 0.29) is 5.82 Å². The number of nitrogens with zero attached hydrogens (tertiary/aromatic N) is 1. The van der Waals surface area contributed by atoms with Crippen LogP contribution in [0.25, 0.3) is 0 Å². The van der Waals surface area contributed by atoms with Gasteiger partial charge in [-0.15, -0.1) is 0 Å². The summed E-state index contributed by atoms with van der Waals surface area (Å²) in [5.41, 5.74) is 1.29. The van der Waals surface area contributed by atoms with Crippen molar-refractivity contribution in [3.8, 4) is 0 Å². The molecule has 0 bridgehead atoms. The van der Waals surface area contributed by atoms with Crippen molar-refractivity contribution in [2.24, 2.45) is 5.92 Å². The van der Waals surface area contributed by atoms with Crippen molar-refractivity contribution < 1.29 is 4.39 Å². The molecule has 0 saturated carbocycles. The van der Waals surface area contributed by atoms with Gasteiger partial charge in [-0.05, 0) is 49.5 Å². The summed E-state index contributed by atoms with van der Waals surface area (Å²) in [7, 11) is 2.16. The Balaban J connectivity index is 2.13. The summed E-state index contributed by atoms with van der Waals surface area (Å²) in [5, 5.41) is 0. The second-order valence-corrected chi connectivity index (χ2v) is 4.69. The lowest BCUT2D eigenvalue weighted by atomic mass is 9.82. The Bertz CT molecular complexity index is 320. The molecule has 1 aliphatic rings.